The van der Waals surface area contributed by atoms with Crippen molar-refractivity contribution in [3.05, 3.63) is 28.8 Å². The summed E-state index contributed by atoms with van der Waals surface area (Å²) in [6, 6.07) is 7.11. The molecule has 0 bridgehead atoms. The Labute approximate surface area is 102 Å². The fourth-order valence-corrected chi connectivity index (χ4v) is 2.11. The van der Waals surface area contributed by atoms with Crippen LogP contribution in [-0.4, -0.2) is 19.2 Å². The second-order valence-corrected chi connectivity index (χ2v) is 4.91. The molecular formula is C13H18ClNO. The maximum absolute atomic E-state index is 6.20. The molecular weight excluding hydrogens is 222 g/mol. The number of hydrogen-bond acceptors (Lipinski definition) is 2. The molecule has 16 heavy (non-hydrogen) atoms. The van der Waals surface area contributed by atoms with Crippen LogP contribution < -0.4 is 10.1 Å². The molecule has 0 aliphatic heterocycles. The van der Waals surface area contributed by atoms with Crippen LogP contribution in [0.3, 0.4) is 0 Å². The smallest absolute Gasteiger partial charge is 0.120 e. The minimum atomic E-state index is 0.485. The highest BCUT2D eigenvalue weighted by Gasteiger charge is 2.22. The van der Waals surface area contributed by atoms with E-state index in [0.717, 1.165) is 23.2 Å². The zero-order chi connectivity index (χ0) is 11.5. The van der Waals surface area contributed by atoms with E-state index in [1.165, 1.54) is 18.4 Å². The van der Waals surface area contributed by atoms with E-state index in [1.807, 2.05) is 18.2 Å². The molecule has 2 nitrogen and oxygen atoms in total. The standard InChI is InChI=1S/C13H18ClNO/c1-9(15-11-4-5-11)7-10-3-6-12(16-2)8-13(10)14/h3,6,8-9,11,15H,4-5,7H2,1-2H3. The number of ether oxygens (including phenoxy) is 1. The molecule has 0 spiro atoms. The number of halogens is 1. The highest BCUT2D eigenvalue weighted by Crippen LogP contribution is 2.25. The van der Waals surface area contributed by atoms with Crippen LogP contribution in [-0.2, 0) is 6.42 Å². The molecule has 0 saturated heterocycles. The van der Waals surface area contributed by atoms with Gasteiger partial charge in [-0.3, -0.25) is 0 Å². The first-order valence-electron chi connectivity index (χ1n) is 5.77. The quantitative estimate of drug-likeness (QED) is 0.853. The molecule has 88 valence electrons. The number of benzene rings is 1. The van der Waals surface area contributed by atoms with Crippen molar-refractivity contribution in [3.8, 4) is 5.75 Å². The van der Waals surface area contributed by atoms with Crippen LogP contribution in [0.5, 0.6) is 5.75 Å². The van der Waals surface area contributed by atoms with Crippen molar-refractivity contribution in [1.82, 2.24) is 5.32 Å². The van der Waals surface area contributed by atoms with Crippen molar-refractivity contribution in [1.29, 1.82) is 0 Å². The summed E-state index contributed by atoms with van der Waals surface area (Å²) < 4.78 is 5.13. The van der Waals surface area contributed by atoms with Gasteiger partial charge < -0.3 is 10.1 Å². The first-order chi connectivity index (χ1) is 7.69. The summed E-state index contributed by atoms with van der Waals surface area (Å²) in [6.45, 7) is 2.21. The topological polar surface area (TPSA) is 21.3 Å². The van der Waals surface area contributed by atoms with Gasteiger partial charge in [0.2, 0.25) is 0 Å². The number of rotatable bonds is 5. The van der Waals surface area contributed by atoms with Crippen molar-refractivity contribution >= 4 is 11.6 Å². The van der Waals surface area contributed by atoms with E-state index in [1.54, 1.807) is 7.11 Å². The van der Waals surface area contributed by atoms with E-state index in [2.05, 4.69) is 12.2 Å². The molecule has 0 heterocycles. The normalized spacial score (nSPS) is 17.2. The molecule has 0 radical (unpaired) electrons. The van der Waals surface area contributed by atoms with E-state index >= 15 is 0 Å². The van der Waals surface area contributed by atoms with Gasteiger partial charge in [-0.15, -0.1) is 0 Å². The maximum Gasteiger partial charge on any atom is 0.120 e. The molecule has 1 aliphatic rings. The molecule has 1 N–H and O–H groups in total. The summed E-state index contributed by atoms with van der Waals surface area (Å²) in [4.78, 5) is 0. The van der Waals surface area contributed by atoms with Gasteiger partial charge in [0.05, 0.1) is 7.11 Å². The molecule has 0 aromatic heterocycles. The van der Waals surface area contributed by atoms with E-state index in [-0.39, 0.29) is 0 Å². The van der Waals surface area contributed by atoms with Gasteiger partial charge in [0, 0.05) is 17.1 Å². The van der Waals surface area contributed by atoms with Crippen LogP contribution >= 0.6 is 11.6 Å². The Hall–Kier alpha value is -0.730. The maximum atomic E-state index is 6.20. The monoisotopic (exact) mass is 239 g/mol. The lowest BCUT2D eigenvalue weighted by molar-refractivity contribution is 0.414. The molecule has 1 aromatic rings. The van der Waals surface area contributed by atoms with E-state index in [4.69, 9.17) is 16.3 Å². The van der Waals surface area contributed by atoms with Gasteiger partial charge in [0.15, 0.2) is 0 Å². The van der Waals surface area contributed by atoms with Gasteiger partial charge in [0.25, 0.3) is 0 Å². The van der Waals surface area contributed by atoms with Crippen molar-refractivity contribution in [2.75, 3.05) is 7.11 Å². The summed E-state index contributed by atoms with van der Waals surface area (Å²) in [7, 11) is 1.66. The molecule has 1 atom stereocenters. The lowest BCUT2D eigenvalue weighted by Crippen LogP contribution is -2.29. The van der Waals surface area contributed by atoms with Crippen molar-refractivity contribution in [2.45, 2.75) is 38.3 Å². The Kier molecular flexibility index (Phi) is 3.72. The van der Waals surface area contributed by atoms with Gasteiger partial charge in [-0.05, 0) is 43.9 Å². The number of nitrogens with one attached hydrogen (secondary N) is 1. The third-order valence-electron chi connectivity index (χ3n) is 2.88. The average Bonchev–Trinajstić information content (AvgIpc) is 3.05. The fraction of sp³-hybridized carbons (Fsp3) is 0.538. The Bertz CT molecular complexity index is 363. The van der Waals surface area contributed by atoms with E-state index in [0.29, 0.717) is 6.04 Å². The first-order valence-corrected chi connectivity index (χ1v) is 6.15. The predicted molar refractivity (Wildman–Crippen MR) is 67.3 cm³/mol. The first kappa shape index (κ1) is 11.7. The van der Waals surface area contributed by atoms with Crippen molar-refractivity contribution in [3.63, 3.8) is 0 Å². The Balaban J connectivity index is 1.96. The lowest BCUT2D eigenvalue weighted by atomic mass is 10.1. The zero-order valence-corrected chi connectivity index (χ0v) is 10.6. The zero-order valence-electron chi connectivity index (χ0n) is 9.79. The van der Waals surface area contributed by atoms with Gasteiger partial charge in [-0.2, -0.15) is 0 Å². The highest BCUT2D eigenvalue weighted by atomic mass is 35.5. The summed E-state index contributed by atoms with van der Waals surface area (Å²) >= 11 is 6.20. The van der Waals surface area contributed by atoms with Crippen LogP contribution in [0, 0.1) is 0 Å². The average molecular weight is 240 g/mol. The Morgan fingerprint density at radius 1 is 1.50 bits per heavy atom. The van der Waals surface area contributed by atoms with E-state index < -0.39 is 0 Å². The van der Waals surface area contributed by atoms with Crippen LogP contribution in [0.25, 0.3) is 0 Å². The second-order valence-electron chi connectivity index (χ2n) is 4.50. The third-order valence-corrected chi connectivity index (χ3v) is 3.24. The predicted octanol–water partition coefficient (Wildman–Crippen LogP) is 3.03. The minimum Gasteiger partial charge on any atom is -0.497 e. The van der Waals surface area contributed by atoms with Crippen molar-refractivity contribution in [2.24, 2.45) is 0 Å². The molecule has 1 unspecified atom stereocenters. The third kappa shape index (κ3) is 3.13. The van der Waals surface area contributed by atoms with Gasteiger partial charge in [-0.25, -0.2) is 0 Å². The summed E-state index contributed by atoms with van der Waals surface area (Å²) in [5.74, 6) is 0.816. The fourth-order valence-electron chi connectivity index (χ4n) is 1.86. The van der Waals surface area contributed by atoms with Gasteiger partial charge in [0.1, 0.15) is 5.75 Å². The van der Waals surface area contributed by atoms with Gasteiger partial charge >= 0.3 is 0 Å². The summed E-state index contributed by atoms with van der Waals surface area (Å²) in [6.07, 6.45) is 3.61. The SMILES string of the molecule is COc1ccc(CC(C)NC2CC2)c(Cl)c1. The lowest BCUT2D eigenvalue weighted by Gasteiger charge is -2.14. The molecule has 1 aromatic carbocycles. The van der Waals surface area contributed by atoms with Crippen LogP contribution in [0.2, 0.25) is 5.02 Å². The van der Waals surface area contributed by atoms with Crippen LogP contribution in [0.1, 0.15) is 25.3 Å². The summed E-state index contributed by atoms with van der Waals surface area (Å²) in [5.41, 5.74) is 1.18. The Morgan fingerprint density at radius 2 is 2.25 bits per heavy atom. The number of hydrogen-bond donors (Lipinski definition) is 1. The molecule has 3 heteroatoms. The van der Waals surface area contributed by atoms with Gasteiger partial charge in [-0.1, -0.05) is 17.7 Å². The van der Waals surface area contributed by atoms with E-state index in [9.17, 15) is 0 Å². The molecule has 0 amide bonds. The molecule has 2 rings (SSSR count). The molecule has 1 aliphatic carbocycles. The second kappa shape index (κ2) is 5.07. The summed E-state index contributed by atoms with van der Waals surface area (Å²) in [5, 5.41) is 4.36. The van der Waals surface area contributed by atoms with Crippen LogP contribution in [0.15, 0.2) is 18.2 Å². The Morgan fingerprint density at radius 3 is 2.81 bits per heavy atom. The number of methoxy groups -OCH3 is 1. The van der Waals surface area contributed by atoms with Crippen molar-refractivity contribution < 1.29 is 4.74 Å². The molecule has 1 fully saturated rings. The minimum absolute atomic E-state index is 0.485. The van der Waals surface area contributed by atoms with Crippen LogP contribution in [0.4, 0.5) is 0 Å². The molecule has 1 saturated carbocycles. The largest absolute Gasteiger partial charge is 0.497 e. The highest BCUT2D eigenvalue weighted by molar-refractivity contribution is 6.31.